The number of aliphatic hydroxyl groups is 1. The van der Waals surface area contributed by atoms with Crippen LogP contribution in [0.1, 0.15) is 26.5 Å². The third-order valence-electron chi connectivity index (χ3n) is 5.06. The van der Waals surface area contributed by atoms with Crippen molar-refractivity contribution < 1.29 is 43.2 Å². The van der Waals surface area contributed by atoms with Crippen LogP contribution >= 0.6 is 11.6 Å². The highest BCUT2D eigenvalue weighted by Gasteiger charge is 2.51. The number of nitrogens with two attached hydrogens (primary N) is 1. The summed E-state index contributed by atoms with van der Waals surface area (Å²) < 4.78 is 31.8. The number of hydrogen-bond donors (Lipinski definition) is 3. The van der Waals surface area contributed by atoms with Gasteiger partial charge < -0.3 is 30.2 Å². The minimum absolute atomic E-state index is 0.0457. The monoisotopic (exact) mass is 489 g/mol. The van der Waals surface area contributed by atoms with Gasteiger partial charge in [-0.25, -0.2) is 14.2 Å². The standard InChI is InChI=1S/C18H21ClFN5O8/c1-3-31-16(30)18(7(2)26,4-9(27)28)32-5-8-12(29)10(20)15(33-8)25-6-22-11-13(21)23-17(19)24-14(11)25/h6,8,10,12,15,29H,3-5H2,1-2H3,(H,27,28)(H2,21,23,24)/t8-,10+,12-,15-,18?/m1/s1. The van der Waals surface area contributed by atoms with Gasteiger partial charge >= 0.3 is 11.9 Å². The SMILES string of the molecule is CCOC(=O)C(CC(=O)O)(OC[C@H]1O[C@@H](n2cnc3c(N)nc(Cl)nc32)[C@@H](F)[C@@H]1O)C(C)=O. The number of anilines is 1. The summed E-state index contributed by atoms with van der Waals surface area (Å²) >= 11 is 5.81. The van der Waals surface area contributed by atoms with E-state index < -0.39 is 61.0 Å². The van der Waals surface area contributed by atoms with Gasteiger partial charge in [-0.3, -0.25) is 14.2 Å². The first-order valence-electron chi connectivity index (χ1n) is 9.69. The molecule has 5 atom stereocenters. The highest BCUT2D eigenvalue weighted by atomic mass is 35.5. The Hall–Kier alpha value is -2.94. The molecule has 0 radical (unpaired) electrons. The number of aromatic nitrogens is 4. The molecule has 1 saturated heterocycles. The number of fused-ring (bicyclic) bond motifs is 1. The molecule has 3 heterocycles. The van der Waals surface area contributed by atoms with E-state index in [9.17, 15) is 29.0 Å². The lowest BCUT2D eigenvalue weighted by Gasteiger charge is -2.29. The number of hydrogen-bond acceptors (Lipinski definition) is 11. The van der Waals surface area contributed by atoms with E-state index in [0.717, 1.165) is 11.5 Å². The van der Waals surface area contributed by atoms with Gasteiger partial charge in [0.2, 0.25) is 10.9 Å². The molecule has 1 fully saturated rings. The number of aliphatic hydroxyl groups excluding tert-OH is 1. The number of alkyl halides is 1. The molecule has 4 N–H and O–H groups in total. The number of carboxylic acid groups (broad SMARTS) is 1. The van der Waals surface area contributed by atoms with E-state index in [2.05, 4.69) is 15.0 Å². The zero-order valence-corrected chi connectivity index (χ0v) is 18.2. The van der Waals surface area contributed by atoms with Gasteiger partial charge in [0.1, 0.15) is 17.7 Å². The number of nitrogen functional groups attached to an aromatic ring is 1. The molecule has 2 aromatic heterocycles. The summed E-state index contributed by atoms with van der Waals surface area (Å²) in [5.74, 6) is -3.71. The van der Waals surface area contributed by atoms with Crippen molar-refractivity contribution in [2.45, 2.75) is 50.5 Å². The van der Waals surface area contributed by atoms with Gasteiger partial charge in [0.25, 0.3) is 0 Å². The molecule has 0 saturated carbocycles. The number of nitrogens with zero attached hydrogens (tertiary/aromatic N) is 4. The number of ether oxygens (including phenoxy) is 3. The minimum Gasteiger partial charge on any atom is -0.481 e. The second-order valence-electron chi connectivity index (χ2n) is 7.19. The van der Waals surface area contributed by atoms with Crippen molar-refractivity contribution in [3.05, 3.63) is 11.6 Å². The van der Waals surface area contributed by atoms with Crippen LogP contribution in [-0.4, -0.2) is 84.6 Å². The summed E-state index contributed by atoms with van der Waals surface area (Å²) in [5.41, 5.74) is 3.42. The van der Waals surface area contributed by atoms with Gasteiger partial charge in [0.15, 0.2) is 29.6 Å². The number of rotatable bonds is 9. The molecule has 0 amide bonds. The molecule has 2 aromatic rings. The van der Waals surface area contributed by atoms with E-state index in [4.69, 9.17) is 31.5 Å². The Labute approximate surface area is 190 Å². The van der Waals surface area contributed by atoms with Crippen LogP contribution in [-0.2, 0) is 28.6 Å². The van der Waals surface area contributed by atoms with Crippen LogP contribution in [0, 0.1) is 0 Å². The normalized spacial score (nSPS) is 24.5. The maximum Gasteiger partial charge on any atom is 0.346 e. The Balaban J connectivity index is 1.85. The maximum absolute atomic E-state index is 15.0. The summed E-state index contributed by atoms with van der Waals surface area (Å²) in [5, 5.41) is 19.3. The number of imidazole rings is 1. The number of carbonyl (C=O) groups excluding carboxylic acids is 2. The highest BCUT2D eigenvalue weighted by molar-refractivity contribution is 6.28. The van der Waals surface area contributed by atoms with Gasteiger partial charge in [-0.1, -0.05) is 0 Å². The molecule has 0 aliphatic carbocycles. The number of esters is 1. The zero-order valence-electron chi connectivity index (χ0n) is 17.5. The van der Waals surface area contributed by atoms with Crippen molar-refractivity contribution in [3.63, 3.8) is 0 Å². The predicted molar refractivity (Wildman–Crippen MR) is 108 cm³/mol. The molecule has 13 nitrogen and oxygen atoms in total. The number of carboxylic acids is 1. The van der Waals surface area contributed by atoms with Crippen molar-refractivity contribution >= 4 is 46.3 Å². The Kier molecular flexibility index (Phi) is 7.11. The number of halogens is 2. The molecular weight excluding hydrogens is 469 g/mol. The molecule has 0 spiro atoms. The molecule has 15 heteroatoms. The summed E-state index contributed by atoms with van der Waals surface area (Å²) in [4.78, 5) is 47.6. The third kappa shape index (κ3) is 4.59. The lowest BCUT2D eigenvalue weighted by molar-refractivity contribution is -0.187. The quantitative estimate of drug-likeness (QED) is 0.244. The number of ketones is 1. The van der Waals surface area contributed by atoms with Crippen LogP contribution in [0.25, 0.3) is 11.2 Å². The summed E-state index contributed by atoms with van der Waals surface area (Å²) in [6.45, 7) is 1.57. The summed E-state index contributed by atoms with van der Waals surface area (Å²) in [6.07, 6.45) is -6.48. The number of Topliss-reactive ketones (excluding diaryl/α,β-unsaturated/α-hetero) is 1. The van der Waals surface area contributed by atoms with E-state index in [-0.39, 0.29) is 28.9 Å². The van der Waals surface area contributed by atoms with Gasteiger partial charge in [0.05, 0.1) is 26.0 Å². The largest absolute Gasteiger partial charge is 0.481 e. The first-order chi connectivity index (χ1) is 15.5. The van der Waals surface area contributed by atoms with Crippen LogP contribution < -0.4 is 5.73 Å². The van der Waals surface area contributed by atoms with Crippen molar-refractivity contribution in [2.75, 3.05) is 18.9 Å². The Morgan fingerprint density at radius 1 is 1.39 bits per heavy atom. The molecular formula is C18H21ClFN5O8. The average Bonchev–Trinajstić information content (AvgIpc) is 3.26. The van der Waals surface area contributed by atoms with Crippen LogP contribution in [0.3, 0.4) is 0 Å². The Morgan fingerprint density at radius 2 is 2.09 bits per heavy atom. The van der Waals surface area contributed by atoms with Crippen molar-refractivity contribution in [3.8, 4) is 0 Å². The predicted octanol–water partition coefficient (Wildman–Crippen LogP) is 0.0405. The van der Waals surface area contributed by atoms with E-state index in [1.54, 1.807) is 0 Å². The van der Waals surface area contributed by atoms with Crippen molar-refractivity contribution in [1.82, 2.24) is 19.5 Å². The average molecular weight is 490 g/mol. The molecule has 1 unspecified atom stereocenters. The topological polar surface area (TPSA) is 189 Å². The molecule has 1 aliphatic heterocycles. The van der Waals surface area contributed by atoms with Crippen LogP contribution in [0.15, 0.2) is 6.33 Å². The van der Waals surface area contributed by atoms with E-state index in [0.29, 0.717) is 0 Å². The molecule has 3 rings (SSSR count). The summed E-state index contributed by atoms with van der Waals surface area (Å²) in [6, 6.07) is 0. The summed E-state index contributed by atoms with van der Waals surface area (Å²) in [7, 11) is 0. The highest BCUT2D eigenvalue weighted by Crippen LogP contribution is 2.35. The molecule has 33 heavy (non-hydrogen) atoms. The first kappa shape index (κ1) is 24.7. The second-order valence-corrected chi connectivity index (χ2v) is 7.53. The zero-order chi connectivity index (χ0) is 24.5. The minimum atomic E-state index is -2.49. The number of carbonyl (C=O) groups is 3. The maximum atomic E-state index is 15.0. The molecule has 180 valence electrons. The molecule has 1 aliphatic rings. The lowest BCUT2D eigenvalue weighted by atomic mass is 9.94. The molecule has 0 bridgehead atoms. The van der Waals surface area contributed by atoms with Gasteiger partial charge in [-0.2, -0.15) is 9.97 Å². The Morgan fingerprint density at radius 3 is 2.70 bits per heavy atom. The van der Waals surface area contributed by atoms with Crippen molar-refractivity contribution in [2.24, 2.45) is 0 Å². The lowest BCUT2D eigenvalue weighted by Crippen LogP contribution is -2.52. The van der Waals surface area contributed by atoms with Crippen LogP contribution in [0.4, 0.5) is 10.2 Å². The Bertz CT molecular complexity index is 1080. The van der Waals surface area contributed by atoms with Gasteiger partial charge in [0, 0.05) is 0 Å². The fourth-order valence-corrected chi connectivity index (χ4v) is 3.57. The van der Waals surface area contributed by atoms with Crippen molar-refractivity contribution in [1.29, 1.82) is 0 Å². The van der Waals surface area contributed by atoms with E-state index in [1.165, 1.54) is 13.3 Å². The second kappa shape index (κ2) is 9.51. The first-order valence-corrected chi connectivity index (χ1v) is 10.1. The van der Waals surface area contributed by atoms with E-state index in [1.807, 2.05) is 0 Å². The fraction of sp³-hybridized carbons (Fsp3) is 0.556. The van der Waals surface area contributed by atoms with E-state index >= 15 is 0 Å². The van der Waals surface area contributed by atoms with Crippen LogP contribution in [0.5, 0.6) is 0 Å². The number of aliphatic carboxylic acids is 1. The van der Waals surface area contributed by atoms with Crippen LogP contribution in [0.2, 0.25) is 5.28 Å². The van der Waals surface area contributed by atoms with Gasteiger partial charge in [-0.15, -0.1) is 0 Å². The third-order valence-corrected chi connectivity index (χ3v) is 5.23. The molecule has 0 aromatic carbocycles. The smallest absolute Gasteiger partial charge is 0.346 e. The fourth-order valence-electron chi connectivity index (χ4n) is 3.40. The van der Waals surface area contributed by atoms with Gasteiger partial charge in [-0.05, 0) is 25.4 Å².